The van der Waals surface area contributed by atoms with Crippen molar-refractivity contribution in [2.24, 2.45) is 5.16 Å². The predicted octanol–water partition coefficient (Wildman–Crippen LogP) is 2.36. The fraction of sp³-hybridized carbons (Fsp3) is 0.333. The van der Waals surface area contributed by atoms with Gasteiger partial charge in [-0.25, -0.2) is 4.79 Å². The molecule has 29 heavy (non-hydrogen) atoms. The molecule has 0 amide bonds. The number of nitrogens with zero attached hydrogens (tertiary/aromatic N) is 2. The van der Waals surface area contributed by atoms with Crippen molar-refractivity contribution in [2.45, 2.75) is 26.3 Å². The average Bonchev–Trinajstić information content (AvgIpc) is 3.24. The molecule has 0 unspecified atom stereocenters. The molecule has 1 N–H and O–H groups in total. The molecule has 8 nitrogen and oxygen atoms in total. The third-order valence-corrected chi connectivity index (χ3v) is 5.03. The highest BCUT2D eigenvalue weighted by Crippen LogP contribution is 2.20. The number of carbonyl (C=O) groups excluding carboxylic acids is 1. The number of quaternary nitrogens is 1. The molecule has 0 atom stereocenters. The summed E-state index contributed by atoms with van der Waals surface area (Å²) in [4.78, 5) is 28.8. The van der Waals surface area contributed by atoms with Gasteiger partial charge in [0, 0.05) is 30.5 Å². The lowest BCUT2D eigenvalue weighted by molar-refractivity contribution is -0.901. The third kappa shape index (κ3) is 5.17. The Hall–Kier alpha value is -3.26. The second-order valence-corrected chi connectivity index (χ2v) is 7.02. The summed E-state index contributed by atoms with van der Waals surface area (Å²) in [6.45, 7) is 4.96. The summed E-state index contributed by atoms with van der Waals surface area (Å²) in [7, 11) is 1.66. The summed E-state index contributed by atoms with van der Waals surface area (Å²) in [5, 5.41) is 14.6. The first-order valence-corrected chi connectivity index (χ1v) is 9.49. The number of likely N-dealkylation sites (tertiary alicyclic amines) is 1. The summed E-state index contributed by atoms with van der Waals surface area (Å²) in [5.74, 6) is 0.165. The molecule has 0 bridgehead atoms. The van der Waals surface area contributed by atoms with Crippen molar-refractivity contribution < 1.29 is 24.2 Å². The number of hydrogen-bond acceptors (Lipinski definition) is 6. The lowest BCUT2D eigenvalue weighted by atomic mass is 10.1. The molecule has 0 radical (unpaired) electrons. The van der Waals surface area contributed by atoms with Crippen molar-refractivity contribution >= 4 is 17.4 Å². The monoisotopic (exact) mass is 398 g/mol. The van der Waals surface area contributed by atoms with Gasteiger partial charge in [-0.15, -0.1) is 0 Å². The SMILES string of the molecule is COc1ccc(/C(C)=N/OC(=O)c2ccc([N+](=O)[O-])cc2)cc1C[NH+]1CCCC1. The number of non-ortho nitro benzene ring substituents is 1. The number of nitrogens with one attached hydrogen (secondary N) is 1. The number of carbonyl (C=O) groups is 1. The number of rotatable bonds is 7. The molecule has 2 aromatic carbocycles. The van der Waals surface area contributed by atoms with Gasteiger partial charge >= 0.3 is 5.97 Å². The van der Waals surface area contributed by atoms with Crippen LogP contribution < -0.4 is 9.64 Å². The van der Waals surface area contributed by atoms with Gasteiger partial charge < -0.3 is 14.5 Å². The summed E-state index contributed by atoms with van der Waals surface area (Å²) in [6.07, 6.45) is 2.49. The molecular formula is C21H24N3O5+. The van der Waals surface area contributed by atoms with Crippen molar-refractivity contribution in [2.75, 3.05) is 20.2 Å². The average molecular weight is 398 g/mol. The highest BCUT2D eigenvalue weighted by Gasteiger charge is 2.18. The maximum absolute atomic E-state index is 12.1. The standard InChI is InChI=1S/C21H23N3O5/c1-15(22-29-21(25)16-5-8-19(9-6-16)24(26)27)17-7-10-20(28-2)18(13-17)14-23-11-3-4-12-23/h5-10,13H,3-4,11-12,14H2,1-2H3/p+1/b22-15+. The van der Waals surface area contributed by atoms with Crippen LogP contribution in [0.2, 0.25) is 0 Å². The number of hydrogen-bond donors (Lipinski definition) is 1. The van der Waals surface area contributed by atoms with E-state index in [0.717, 1.165) is 36.5 Å². The van der Waals surface area contributed by atoms with Crippen LogP contribution in [0.5, 0.6) is 5.75 Å². The summed E-state index contributed by atoms with van der Waals surface area (Å²) >= 11 is 0. The second kappa shape index (κ2) is 9.29. The van der Waals surface area contributed by atoms with Crippen LogP contribution in [0, 0.1) is 10.1 Å². The first-order valence-electron chi connectivity index (χ1n) is 9.49. The lowest BCUT2D eigenvalue weighted by Crippen LogP contribution is -3.08. The van der Waals surface area contributed by atoms with Crippen molar-refractivity contribution in [1.82, 2.24) is 0 Å². The van der Waals surface area contributed by atoms with Crippen molar-refractivity contribution in [3.8, 4) is 5.75 Å². The van der Waals surface area contributed by atoms with Crippen LogP contribution in [0.3, 0.4) is 0 Å². The molecule has 1 aliphatic heterocycles. The Labute approximate surface area is 168 Å². The van der Waals surface area contributed by atoms with Crippen molar-refractivity contribution in [3.05, 3.63) is 69.3 Å². The van der Waals surface area contributed by atoms with E-state index in [1.54, 1.807) is 14.0 Å². The van der Waals surface area contributed by atoms with Crippen LogP contribution >= 0.6 is 0 Å². The summed E-state index contributed by atoms with van der Waals surface area (Å²) in [6, 6.07) is 11.0. The molecule has 0 aliphatic carbocycles. The van der Waals surface area contributed by atoms with E-state index in [-0.39, 0.29) is 11.3 Å². The molecule has 8 heteroatoms. The predicted molar refractivity (Wildman–Crippen MR) is 107 cm³/mol. The second-order valence-electron chi connectivity index (χ2n) is 7.02. The Bertz CT molecular complexity index is 918. The maximum atomic E-state index is 12.1. The van der Waals surface area contributed by atoms with Crippen molar-refractivity contribution in [3.63, 3.8) is 0 Å². The first kappa shape index (κ1) is 20.5. The van der Waals surface area contributed by atoms with Crippen molar-refractivity contribution in [1.29, 1.82) is 0 Å². The Kier molecular flexibility index (Phi) is 6.56. The number of benzene rings is 2. The zero-order valence-electron chi connectivity index (χ0n) is 16.5. The third-order valence-electron chi connectivity index (χ3n) is 5.03. The smallest absolute Gasteiger partial charge is 0.365 e. The molecule has 0 spiro atoms. The topological polar surface area (TPSA) is 95.5 Å². The number of methoxy groups -OCH3 is 1. The zero-order valence-corrected chi connectivity index (χ0v) is 16.5. The minimum absolute atomic E-state index is 0.0906. The van der Waals surface area contributed by atoms with Gasteiger partial charge in [-0.3, -0.25) is 10.1 Å². The molecule has 1 saturated heterocycles. The molecule has 1 fully saturated rings. The molecule has 3 rings (SSSR count). The molecule has 152 valence electrons. The van der Waals surface area contributed by atoms with E-state index in [0.29, 0.717) is 5.71 Å². The fourth-order valence-corrected chi connectivity index (χ4v) is 3.40. The highest BCUT2D eigenvalue weighted by atomic mass is 16.7. The molecule has 0 aromatic heterocycles. The van der Waals surface area contributed by atoms with Crippen LogP contribution in [0.15, 0.2) is 47.6 Å². The summed E-state index contributed by atoms with van der Waals surface area (Å²) in [5.41, 5.74) is 2.60. The van der Waals surface area contributed by atoms with E-state index in [1.807, 2.05) is 18.2 Å². The molecule has 2 aromatic rings. The summed E-state index contributed by atoms with van der Waals surface area (Å²) < 4.78 is 5.49. The van der Waals surface area contributed by atoms with E-state index >= 15 is 0 Å². The van der Waals surface area contributed by atoms with E-state index in [9.17, 15) is 14.9 Å². The molecule has 1 heterocycles. The highest BCUT2D eigenvalue weighted by molar-refractivity contribution is 5.99. The van der Waals surface area contributed by atoms with Crippen LogP contribution in [0.25, 0.3) is 0 Å². The van der Waals surface area contributed by atoms with Gasteiger partial charge in [0.2, 0.25) is 0 Å². The number of ether oxygens (including phenoxy) is 1. The van der Waals surface area contributed by atoms with Gasteiger partial charge in [-0.05, 0) is 42.8 Å². The number of nitro groups is 1. The molecule has 1 aliphatic rings. The van der Waals surface area contributed by atoms with E-state index in [4.69, 9.17) is 9.57 Å². The van der Waals surface area contributed by atoms with Gasteiger partial charge in [0.1, 0.15) is 12.3 Å². The van der Waals surface area contributed by atoms with E-state index < -0.39 is 10.9 Å². The lowest BCUT2D eigenvalue weighted by Gasteiger charge is -2.15. The normalized spacial score (nSPS) is 14.6. The van der Waals surface area contributed by atoms with Gasteiger partial charge in [-0.1, -0.05) is 5.16 Å². The number of oxime groups is 1. The molecular weight excluding hydrogens is 374 g/mol. The molecule has 0 saturated carbocycles. The Morgan fingerprint density at radius 1 is 1.14 bits per heavy atom. The minimum atomic E-state index is -0.672. The largest absolute Gasteiger partial charge is 0.496 e. The van der Waals surface area contributed by atoms with Crippen LogP contribution in [-0.2, 0) is 11.4 Å². The van der Waals surface area contributed by atoms with E-state index in [1.165, 1.54) is 42.0 Å². The van der Waals surface area contributed by atoms with E-state index in [2.05, 4.69) is 5.16 Å². The van der Waals surface area contributed by atoms with Crippen LogP contribution in [-0.4, -0.2) is 36.8 Å². The maximum Gasteiger partial charge on any atom is 0.365 e. The first-order chi connectivity index (χ1) is 14.0. The Morgan fingerprint density at radius 3 is 2.41 bits per heavy atom. The van der Waals surface area contributed by atoms with Gasteiger partial charge in [0.05, 0.1) is 36.4 Å². The van der Waals surface area contributed by atoms with Crippen LogP contribution in [0.4, 0.5) is 5.69 Å². The van der Waals surface area contributed by atoms with Gasteiger partial charge in [-0.2, -0.15) is 0 Å². The number of nitro benzene ring substituents is 1. The fourth-order valence-electron chi connectivity index (χ4n) is 3.40. The Balaban J connectivity index is 1.71. The van der Waals surface area contributed by atoms with Crippen LogP contribution in [0.1, 0.15) is 41.3 Å². The van der Waals surface area contributed by atoms with Gasteiger partial charge in [0.15, 0.2) is 0 Å². The quantitative estimate of drug-likeness (QED) is 0.334. The Morgan fingerprint density at radius 2 is 1.79 bits per heavy atom. The minimum Gasteiger partial charge on any atom is -0.496 e. The van der Waals surface area contributed by atoms with Gasteiger partial charge in [0.25, 0.3) is 5.69 Å². The zero-order chi connectivity index (χ0) is 20.8.